The Kier molecular flexibility index (Phi) is 5.93. The fourth-order valence-electron chi connectivity index (χ4n) is 2.24. The van der Waals surface area contributed by atoms with Crippen molar-refractivity contribution in [3.63, 3.8) is 0 Å². The third kappa shape index (κ3) is 4.41. The van der Waals surface area contributed by atoms with Crippen molar-refractivity contribution in [3.05, 3.63) is 63.2 Å². The maximum absolute atomic E-state index is 12.3. The van der Waals surface area contributed by atoms with Gasteiger partial charge in [0.1, 0.15) is 11.6 Å². The van der Waals surface area contributed by atoms with Crippen LogP contribution in [-0.2, 0) is 4.79 Å². The second-order valence-electron chi connectivity index (χ2n) is 5.36. The molecule has 2 rings (SSSR count). The zero-order valence-corrected chi connectivity index (χ0v) is 14.4. The van der Waals surface area contributed by atoms with Gasteiger partial charge in [-0.3, -0.25) is 14.9 Å². The molecule has 0 saturated heterocycles. The topological polar surface area (TPSA) is 163 Å². The summed E-state index contributed by atoms with van der Waals surface area (Å²) in [5, 5.41) is 41.4. The Morgan fingerprint density at radius 1 is 1.32 bits per heavy atom. The highest BCUT2D eigenvalue weighted by atomic mass is 16.6. The van der Waals surface area contributed by atoms with Gasteiger partial charge in [0, 0.05) is 11.8 Å². The number of amides is 1. The number of nitrogens with zero attached hydrogens (tertiary/aromatic N) is 2. The zero-order chi connectivity index (χ0) is 20.8. The van der Waals surface area contributed by atoms with Crippen LogP contribution in [0, 0.1) is 21.4 Å². The van der Waals surface area contributed by atoms with Crippen molar-refractivity contribution < 1.29 is 29.5 Å². The first kappa shape index (κ1) is 19.9. The number of phenols is 1. The molecule has 0 radical (unpaired) electrons. The first-order valence-corrected chi connectivity index (χ1v) is 7.58. The molecule has 0 saturated carbocycles. The van der Waals surface area contributed by atoms with E-state index in [1.165, 1.54) is 37.4 Å². The highest BCUT2D eigenvalue weighted by Gasteiger charge is 2.20. The van der Waals surface area contributed by atoms with E-state index in [0.717, 1.165) is 12.1 Å². The van der Waals surface area contributed by atoms with Gasteiger partial charge in [0.2, 0.25) is 5.75 Å². The van der Waals surface area contributed by atoms with Crippen LogP contribution < -0.4 is 10.1 Å². The molecule has 0 aromatic heterocycles. The average molecular weight is 383 g/mol. The maximum Gasteiger partial charge on any atom is 0.335 e. The van der Waals surface area contributed by atoms with E-state index in [2.05, 4.69) is 5.32 Å². The highest BCUT2D eigenvalue weighted by molar-refractivity contribution is 6.10. The number of benzene rings is 2. The molecule has 2 aromatic carbocycles. The minimum Gasteiger partial charge on any atom is -0.500 e. The lowest BCUT2D eigenvalue weighted by Gasteiger charge is -2.07. The summed E-state index contributed by atoms with van der Waals surface area (Å²) < 4.78 is 4.86. The quantitative estimate of drug-likeness (QED) is 0.296. The number of nitro groups is 1. The van der Waals surface area contributed by atoms with Crippen molar-refractivity contribution in [1.29, 1.82) is 5.26 Å². The number of hydrogen-bond acceptors (Lipinski definition) is 7. The second kappa shape index (κ2) is 8.33. The van der Waals surface area contributed by atoms with Crippen molar-refractivity contribution in [1.82, 2.24) is 0 Å². The van der Waals surface area contributed by atoms with Crippen molar-refractivity contribution >= 4 is 29.3 Å². The van der Waals surface area contributed by atoms with Crippen molar-refractivity contribution in [2.75, 3.05) is 12.4 Å². The second-order valence-corrected chi connectivity index (χ2v) is 5.36. The monoisotopic (exact) mass is 383 g/mol. The van der Waals surface area contributed by atoms with Crippen LogP contribution in [0.25, 0.3) is 6.08 Å². The summed E-state index contributed by atoms with van der Waals surface area (Å²) in [5.41, 5.74) is -0.882. The van der Waals surface area contributed by atoms with Gasteiger partial charge in [-0.05, 0) is 35.9 Å². The predicted octanol–water partition coefficient (Wildman–Crippen LogP) is 2.55. The molecule has 1 amide bonds. The Morgan fingerprint density at radius 3 is 2.61 bits per heavy atom. The summed E-state index contributed by atoms with van der Waals surface area (Å²) >= 11 is 0. The molecule has 2 aromatic rings. The Hall–Kier alpha value is -4.39. The number of aromatic hydroxyl groups is 1. The van der Waals surface area contributed by atoms with Crippen LogP contribution in [0.4, 0.5) is 11.4 Å². The molecule has 0 aliphatic rings. The van der Waals surface area contributed by atoms with E-state index in [1.54, 1.807) is 6.07 Å². The molecule has 0 atom stereocenters. The summed E-state index contributed by atoms with van der Waals surface area (Å²) in [6.07, 6.45) is 1.07. The molecule has 142 valence electrons. The van der Waals surface area contributed by atoms with Crippen molar-refractivity contribution in [2.24, 2.45) is 0 Å². The number of carbonyl (C=O) groups excluding carboxylic acids is 1. The van der Waals surface area contributed by atoms with Crippen LogP contribution in [0.15, 0.2) is 42.0 Å². The number of carbonyl (C=O) groups is 2. The van der Waals surface area contributed by atoms with E-state index in [0.29, 0.717) is 0 Å². The number of aromatic carboxylic acids is 1. The molecule has 3 N–H and O–H groups in total. The van der Waals surface area contributed by atoms with Crippen molar-refractivity contribution in [3.8, 4) is 17.6 Å². The number of ether oxygens (including phenoxy) is 1. The van der Waals surface area contributed by atoms with Gasteiger partial charge in [0.05, 0.1) is 17.6 Å². The van der Waals surface area contributed by atoms with Gasteiger partial charge in [-0.1, -0.05) is 6.07 Å². The van der Waals surface area contributed by atoms with E-state index in [4.69, 9.17) is 9.84 Å². The number of carboxylic acid groups (broad SMARTS) is 1. The summed E-state index contributed by atoms with van der Waals surface area (Å²) in [6, 6.07) is 9.27. The van der Waals surface area contributed by atoms with Gasteiger partial charge < -0.3 is 20.3 Å². The Morgan fingerprint density at radius 2 is 2.04 bits per heavy atom. The summed E-state index contributed by atoms with van der Waals surface area (Å²) in [5.74, 6) is -2.92. The molecule has 10 heteroatoms. The zero-order valence-electron chi connectivity index (χ0n) is 14.4. The summed E-state index contributed by atoms with van der Waals surface area (Å²) in [6.45, 7) is 0. The summed E-state index contributed by atoms with van der Waals surface area (Å²) in [4.78, 5) is 33.5. The fraction of sp³-hybridized carbons (Fsp3) is 0.0556. The van der Waals surface area contributed by atoms with E-state index >= 15 is 0 Å². The Balaban J connectivity index is 2.38. The van der Waals surface area contributed by atoms with Crippen LogP contribution in [0.2, 0.25) is 0 Å². The molecule has 0 bridgehead atoms. The van der Waals surface area contributed by atoms with Crippen LogP contribution in [0.3, 0.4) is 0 Å². The largest absolute Gasteiger partial charge is 0.500 e. The lowest BCUT2D eigenvalue weighted by Crippen LogP contribution is -2.14. The van der Waals surface area contributed by atoms with E-state index in [-0.39, 0.29) is 22.6 Å². The molecule has 0 spiro atoms. The van der Waals surface area contributed by atoms with Crippen LogP contribution in [0.5, 0.6) is 11.5 Å². The highest BCUT2D eigenvalue weighted by Crippen LogP contribution is 2.37. The van der Waals surface area contributed by atoms with Crippen LogP contribution >= 0.6 is 0 Å². The van der Waals surface area contributed by atoms with E-state index < -0.39 is 33.8 Å². The molecule has 10 nitrogen and oxygen atoms in total. The lowest BCUT2D eigenvalue weighted by atomic mass is 10.1. The lowest BCUT2D eigenvalue weighted by molar-refractivity contribution is -0.386. The molecule has 28 heavy (non-hydrogen) atoms. The number of anilines is 1. The third-order valence-electron chi connectivity index (χ3n) is 3.54. The number of carboxylic acids is 1. The number of phenolic OH excluding ortho intramolecular Hbond substituents is 1. The van der Waals surface area contributed by atoms with Gasteiger partial charge >= 0.3 is 11.7 Å². The van der Waals surface area contributed by atoms with Gasteiger partial charge in [-0.15, -0.1) is 0 Å². The number of nitriles is 1. The molecular formula is C18H13N3O7. The third-order valence-corrected chi connectivity index (χ3v) is 3.54. The minimum absolute atomic E-state index is 0.0563. The number of hydrogen-bond donors (Lipinski definition) is 3. The van der Waals surface area contributed by atoms with E-state index in [1.807, 2.05) is 0 Å². The minimum atomic E-state index is -1.18. The fourth-order valence-corrected chi connectivity index (χ4v) is 2.24. The van der Waals surface area contributed by atoms with Gasteiger partial charge in [0.15, 0.2) is 5.75 Å². The van der Waals surface area contributed by atoms with Crippen LogP contribution in [0.1, 0.15) is 15.9 Å². The first-order valence-electron chi connectivity index (χ1n) is 7.58. The molecule has 0 aliphatic heterocycles. The number of methoxy groups -OCH3 is 1. The van der Waals surface area contributed by atoms with Gasteiger partial charge in [-0.2, -0.15) is 5.26 Å². The summed E-state index contributed by atoms with van der Waals surface area (Å²) in [7, 11) is 1.19. The number of nitro benzene ring substituents is 1. The Bertz CT molecular complexity index is 1040. The molecule has 0 aliphatic carbocycles. The molecular weight excluding hydrogens is 370 g/mol. The first-order chi connectivity index (χ1) is 13.3. The number of nitrogens with one attached hydrogen (secondary N) is 1. The molecule has 0 fully saturated rings. The number of rotatable bonds is 6. The van der Waals surface area contributed by atoms with Gasteiger partial charge in [-0.25, -0.2) is 4.79 Å². The maximum atomic E-state index is 12.3. The standard InChI is InChI=1S/C18H13N3O7/c1-28-15-7-10(6-14(16(15)22)21(26)27)5-12(9-19)17(23)20-13-4-2-3-11(8-13)18(24)25/h2-8,22H,1H3,(H,20,23)(H,24,25)/b12-5-. The Labute approximate surface area is 158 Å². The average Bonchev–Trinajstić information content (AvgIpc) is 2.66. The normalized spacial score (nSPS) is 10.6. The van der Waals surface area contributed by atoms with E-state index in [9.17, 15) is 30.1 Å². The van der Waals surface area contributed by atoms with Crippen LogP contribution in [-0.4, -0.2) is 34.1 Å². The SMILES string of the molecule is COc1cc(/C=C(/C#N)C(=O)Nc2cccc(C(=O)O)c2)cc([N+](=O)[O-])c1O. The predicted molar refractivity (Wildman–Crippen MR) is 96.9 cm³/mol. The van der Waals surface area contributed by atoms with Gasteiger partial charge in [0.25, 0.3) is 5.91 Å². The molecule has 0 heterocycles. The van der Waals surface area contributed by atoms with Crippen molar-refractivity contribution in [2.45, 2.75) is 0 Å². The molecule has 0 unspecified atom stereocenters. The smallest absolute Gasteiger partial charge is 0.335 e.